The van der Waals surface area contributed by atoms with E-state index in [1.165, 1.54) is 9.79 Å². The van der Waals surface area contributed by atoms with Gasteiger partial charge in [-0.05, 0) is 36.8 Å². The second-order valence-corrected chi connectivity index (χ2v) is 7.86. The van der Waals surface area contributed by atoms with Crippen molar-refractivity contribution < 1.29 is 5.11 Å². The summed E-state index contributed by atoms with van der Waals surface area (Å²) in [4.78, 5) is 2.39. The van der Waals surface area contributed by atoms with Crippen LogP contribution >= 0.6 is 23.5 Å². The molecule has 3 rings (SSSR count). The number of phenolic OH excluding ortho intramolecular Hbond substituents is 1. The zero-order valence-electron chi connectivity index (χ0n) is 12.8. The highest BCUT2D eigenvalue weighted by atomic mass is 32.2. The molecule has 0 aliphatic heterocycles. The maximum Gasteiger partial charge on any atom is 0.123 e. The van der Waals surface area contributed by atoms with E-state index >= 15 is 0 Å². The molecule has 3 aromatic rings. The zero-order chi connectivity index (χ0) is 16.1. The molecule has 0 aliphatic rings. The average molecular weight is 338 g/mol. The third kappa shape index (κ3) is 4.12. The third-order valence-corrected chi connectivity index (χ3v) is 6.10. The van der Waals surface area contributed by atoms with Crippen molar-refractivity contribution in [3.05, 3.63) is 90.0 Å². The molecule has 0 heterocycles. The summed E-state index contributed by atoms with van der Waals surface area (Å²) in [6.45, 7) is 1.94. The smallest absolute Gasteiger partial charge is 0.123 e. The summed E-state index contributed by atoms with van der Waals surface area (Å²) in [5.74, 6) is 0.393. The van der Waals surface area contributed by atoms with E-state index in [-0.39, 0.29) is 4.58 Å². The van der Waals surface area contributed by atoms with Crippen molar-refractivity contribution in [1.29, 1.82) is 0 Å². The summed E-state index contributed by atoms with van der Waals surface area (Å²) in [5.41, 5.74) is 1.88. The number of rotatable bonds is 5. The SMILES string of the molecule is Cc1cccc(C(Sc2ccccc2)Sc2ccccc2)c1O. The molecule has 1 N–H and O–H groups in total. The van der Waals surface area contributed by atoms with Crippen molar-refractivity contribution in [3.8, 4) is 5.75 Å². The van der Waals surface area contributed by atoms with Crippen LogP contribution in [0.1, 0.15) is 15.7 Å². The zero-order valence-corrected chi connectivity index (χ0v) is 14.5. The number of hydrogen-bond donors (Lipinski definition) is 1. The highest BCUT2D eigenvalue weighted by molar-refractivity contribution is 8.16. The lowest BCUT2D eigenvalue weighted by Gasteiger charge is -2.19. The molecule has 0 saturated heterocycles. The minimum Gasteiger partial charge on any atom is -0.507 e. The van der Waals surface area contributed by atoms with Gasteiger partial charge >= 0.3 is 0 Å². The van der Waals surface area contributed by atoms with Gasteiger partial charge in [-0.25, -0.2) is 0 Å². The van der Waals surface area contributed by atoms with Crippen molar-refractivity contribution in [2.24, 2.45) is 0 Å². The Labute approximate surface area is 145 Å². The van der Waals surface area contributed by atoms with Gasteiger partial charge in [0.15, 0.2) is 0 Å². The van der Waals surface area contributed by atoms with Crippen LogP contribution in [-0.4, -0.2) is 5.11 Å². The van der Waals surface area contributed by atoms with Crippen molar-refractivity contribution in [2.75, 3.05) is 0 Å². The molecule has 0 bridgehead atoms. The number of phenols is 1. The van der Waals surface area contributed by atoms with Crippen LogP contribution in [0.2, 0.25) is 0 Å². The summed E-state index contributed by atoms with van der Waals surface area (Å²) in [7, 11) is 0. The van der Waals surface area contributed by atoms with Gasteiger partial charge in [0.25, 0.3) is 0 Å². The van der Waals surface area contributed by atoms with Crippen molar-refractivity contribution in [2.45, 2.75) is 21.3 Å². The fourth-order valence-electron chi connectivity index (χ4n) is 2.27. The number of para-hydroxylation sites is 1. The van der Waals surface area contributed by atoms with Crippen LogP contribution in [0.15, 0.2) is 88.7 Å². The molecule has 0 saturated carbocycles. The Morgan fingerprint density at radius 2 is 1.22 bits per heavy atom. The Morgan fingerprint density at radius 3 is 1.74 bits per heavy atom. The first kappa shape index (κ1) is 16.0. The Bertz CT molecular complexity index is 716. The van der Waals surface area contributed by atoms with Gasteiger partial charge in [0.05, 0.1) is 4.58 Å². The number of aromatic hydroxyl groups is 1. The molecule has 0 fully saturated rings. The Balaban J connectivity index is 1.94. The van der Waals surface area contributed by atoms with Crippen LogP contribution in [0.5, 0.6) is 5.75 Å². The van der Waals surface area contributed by atoms with Crippen LogP contribution in [0.25, 0.3) is 0 Å². The number of hydrogen-bond acceptors (Lipinski definition) is 3. The molecule has 3 aromatic carbocycles. The highest BCUT2D eigenvalue weighted by Gasteiger charge is 2.19. The minimum absolute atomic E-state index is 0.0969. The van der Waals surface area contributed by atoms with Crippen molar-refractivity contribution in [3.63, 3.8) is 0 Å². The predicted octanol–water partition coefficient (Wildman–Crippen LogP) is 6.28. The minimum atomic E-state index is 0.0969. The Hall–Kier alpha value is -1.84. The Kier molecular flexibility index (Phi) is 5.31. The first-order valence-electron chi connectivity index (χ1n) is 7.46. The first-order valence-corrected chi connectivity index (χ1v) is 9.22. The third-order valence-electron chi connectivity index (χ3n) is 3.50. The summed E-state index contributed by atoms with van der Waals surface area (Å²) in [6, 6.07) is 26.6. The standard InChI is InChI=1S/C20H18OS2/c1-15-9-8-14-18(19(15)21)20(22-16-10-4-2-5-11-16)23-17-12-6-3-7-13-17/h2-14,20-21H,1H3. The number of benzene rings is 3. The topological polar surface area (TPSA) is 20.2 Å². The molecular formula is C20H18OS2. The van der Waals surface area contributed by atoms with Crippen LogP contribution in [-0.2, 0) is 0 Å². The van der Waals surface area contributed by atoms with Gasteiger partial charge in [-0.3, -0.25) is 0 Å². The summed E-state index contributed by atoms with van der Waals surface area (Å²) in [6.07, 6.45) is 0. The number of aryl methyl sites for hydroxylation is 1. The maximum absolute atomic E-state index is 10.5. The lowest BCUT2D eigenvalue weighted by atomic mass is 10.1. The average Bonchev–Trinajstić information content (AvgIpc) is 2.59. The van der Waals surface area contributed by atoms with Crippen LogP contribution in [0.4, 0.5) is 0 Å². The van der Waals surface area contributed by atoms with Gasteiger partial charge in [-0.15, -0.1) is 23.5 Å². The lowest BCUT2D eigenvalue weighted by molar-refractivity contribution is 0.466. The van der Waals surface area contributed by atoms with E-state index in [4.69, 9.17) is 0 Å². The quantitative estimate of drug-likeness (QED) is 0.436. The molecule has 116 valence electrons. The second kappa shape index (κ2) is 7.62. The molecule has 0 aromatic heterocycles. The molecule has 0 aliphatic carbocycles. The molecule has 0 atom stereocenters. The monoisotopic (exact) mass is 338 g/mol. The van der Waals surface area contributed by atoms with Crippen LogP contribution in [0.3, 0.4) is 0 Å². The van der Waals surface area contributed by atoms with E-state index in [1.54, 1.807) is 23.5 Å². The second-order valence-electron chi connectivity index (χ2n) is 5.21. The molecule has 3 heteroatoms. The molecule has 1 nitrogen and oxygen atoms in total. The molecule has 0 amide bonds. The van der Waals surface area contributed by atoms with Gasteiger partial charge in [-0.1, -0.05) is 54.6 Å². The van der Waals surface area contributed by atoms with Gasteiger partial charge < -0.3 is 5.11 Å². The maximum atomic E-state index is 10.5. The Morgan fingerprint density at radius 1 is 0.696 bits per heavy atom. The lowest BCUT2D eigenvalue weighted by Crippen LogP contribution is -1.92. The van der Waals surface area contributed by atoms with Crippen molar-refractivity contribution >= 4 is 23.5 Å². The fourth-order valence-corrected chi connectivity index (χ4v) is 4.88. The summed E-state index contributed by atoms with van der Waals surface area (Å²) < 4.78 is 0.0969. The van der Waals surface area contributed by atoms with Crippen molar-refractivity contribution in [1.82, 2.24) is 0 Å². The summed E-state index contributed by atoms with van der Waals surface area (Å²) in [5, 5.41) is 10.5. The van der Waals surface area contributed by atoms with E-state index in [0.717, 1.165) is 11.1 Å². The van der Waals surface area contributed by atoms with E-state index in [9.17, 15) is 5.11 Å². The van der Waals surface area contributed by atoms with Gasteiger partial charge in [-0.2, -0.15) is 0 Å². The predicted molar refractivity (Wildman–Crippen MR) is 100 cm³/mol. The molecule has 23 heavy (non-hydrogen) atoms. The molecule has 0 spiro atoms. The largest absolute Gasteiger partial charge is 0.507 e. The van der Waals surface area contributed by atoms with Crippen LogP contribution < -0.4 is 0 Å². The van der Waals surface area contributed by atoms with Gasteiger partial charge in [0.1, 0.15) is 5.75 Å². The molecule has 0 radical (unpaired) electrons. The molecule has 0 unspecified atom stereocenters. The first-order chi connectivity index (χ1) is 11.2. The highest BCUT2D eigenvalue weighted by Crippen LogP contribution is 2.49. The summed E-state index contributed by atoms with van der Waals surface area (Å²) >= 11 is 3.52. The van der Waals surface area contributed by atoms with E-state index < -0.39 is 0 Å². The molecular weight excluding hydrogens is 320 g/mol. The van der Waals surface area contributed by atoms with E-state index in [0.29, 0.717) is 5.75 Å². The fraction of sp³-hybridized carbons (Fsp3) is 0.100. The van der Waals surface area contributed by atoms with E-state index in [2.05, 4.69) is 24.3 Å². The van der Waals surface area contributed by atoms with Gasteiger partial charge in [0, 0.05) is 15.4 Å². The van der Waals surface area contributed by atoms with E-state index in [1.807, 2.05) is 61.5 Å². The van der Waals surface area contributed by atoms with Crippen LogP contribution in [0, 0.1) is 6.92 Å². The van der Waals surface area contributed by atoms with Gasteiger partial charge in [0.2, 0.25) is 0 Å². The normalized spacial score (nSPS) is 10.9. The number of thioether (sulfide) groups is 2.